The Labute approximate surface area is 285 Å². The molecular weight excluding hydrogens is 613 g/mol. The molecule has 0 spiro atoms. The van der Waals surface area contributed by atoms with Crippen molar-refractivity contribution in [2.45, 2.75) is 0 Å². The fourth-order valence-corrected chi connectivity index (χ4v) is 7.80. The quantitative estimate of drug-likeness (QED) is 0.193. The summed E-state index contributed by atoms with van der Waals surface area (Å²) in [4.78, 5) is 15.8. The number of hydrogen-bond acceptors (Lipinski definition) is 4. The highest BCUT2D eigenvalue weighted by Gasteiger charge is 2.23. The summed E-state index contributed by atoms with van der Waals surface area (Å²) in [5.41, 5.74) is 5.58. The van der Waals surface area contributed by atoms with Crippen molar-refractivity contribution in [2.24, 2.45) is 0 Å². The minimum Gasteiger partial charge on any atom is -0.455 e. The van der Waals surface area contributed by atoms with Crippen molar-refractivity contribution in [3.63, 3.8) is 0 Å². The van der Waals surface area contributed by atoms with Gasteiger partial charge in [0.05, 0.1) is 11.0 Å². The van der Waals surface area contributed by atoms with Crippen LogP contribution in [0.5, 0.6) is 0 Å². The molecule has 5 heteroatoms. The summed E-state index contributed by atoms with van der Waals surface area (Å²) in [6.07, 6.45) is 0. The van der Waals surface area contributed by atoms with Gasteiger partial charge in [-0.2, -0.15) is 9.97 Å². The number of nitrogens with zero attached hydrogens (tertiary/aromatic N) is 4. The summed E-state index contributed by atoms with van der Waals surface area (Å²) >= 11 is 0. The van der Waals surface area contributed by atoms with E-state index in [1.807, 2.05) is 30.3 Å². The summed E-state index contributed by atoms with van der Waals surface area (Å²) in [5.74, 6) is 1.76. The predicted molar refractivity (Wildman–Crippen MR) is 205 cm³/mol. The molecule has 0 aliphatic rings. The highest BCUT2D eigenvalue weighted by atomic mass is 16.3. The molecule has 232 valence electrons. The number of aromatic nitrogens is 4. The monoisotopic (exact) mass is 638 g/mol. The largest absolute Gasteiger partial charge is 0.455 e. The lowest BCUT2D eigenvalue weighted by Crippen LogP contribution is -2.06. The Morgan fingerprint density at radius 1 is 0.420 bits per heavy atom. The number of rotatable bonds is 3. The van der Waals surface area contributed by atoms with Gasteiger partial charge in [0.25, 0.3) is 0 Å². The van der Waals surface area contributed by atoms with Gasteiger partial charge in [0.15, 0.2) is 11.6 Å². The maximum Gasteiger partial charge on any atom is 0.238 e. The van der Waals surface area contributed by atoms with E-state index < -0.39 is 0 Å². The first-order chi connectivity index (χ1) is 24.8. The average molecular weight is 639 g/mol. The molecule has 50 heavy (non-hydrogen) atoms. The molecule has 0 bridgehead atoms. The minimum absolute atomic E-state index is 0.563. The van der Waals surface area contributed by atoms with Gasteiger partial charge in [-0.1, -0.05) is 133 Å². The third-order valence-corrected chi connectivity index (χ3v) is 10.0. The number of hydrogen-bond donors (Lipinski definition) is 0. The van der Waals surface area contributed by atoms with Gasteiger partial charge in [0.2, 0.25) is 5.95 Å². The van der Waals surface area contributed by atoms with Crippen molar-refractivity contribution in [1.82, 2.24) is 19.5 Å². The first-order valence-electron chi connectivity index (χ1n) is 16.8. The van der Waals surface area contributed by atoms with Crippen LogP contribution in [0.4, 0.5) is 0 Å². The van der Waals surface area contributed by atoms with Gasteiger partial charge in [-0.3, -0.25) is 4.57 Å². The third-order valence-electron chi connectivity index (χ3n) is 10.0. The van der Waals surface area contributed by atoms with Gasteiger partial charge < -0.3 is 4.42 Å². The number of furan rings is 1. The Morgan fingerprint density at radius 2 is 0.980 bits per heavy atom. The van der Waals surface area contributed by atoms with Crippen molar-refractivity contribution in [3.05, 3.63) is 158 Å². The van der Waals surface area contributed by atoms with Gasteiger partial charge >= 0.3 is 0 Å². The second-order valence-corrected chi connectivity index (χ2v) is 12.8. The molecule has 0 atom stereocenters. The van der Waals surface area contributed by atoms with E-state index in [1.165, 1.54) is 32.3 Å². The normalized spacial score (nSPS) is 12.0. The molecule has 0 fully saturated rings. The van der Waals surface area contributed by atoms with Gasteiger partial charge in [-0.05, 0) is 51.2 Å². The Kier molecular flexibility index (Phi) is 5.60. The van der Waals surface area contributed by atoms with Crippen LogP contribution in [0.15, 0.2) is 162 Å². The lowest BCUT2D eigenvalue weighted by atomic mass is 9.99. The van der Waals surface area contributed by atoms with E-state index in [1.54, 1.807) is 0 Å². The molecule has 3 heterocycles. The fourth-order valence-electron chi connectivity index (χ4n) is 7.80. The third kappa shape index (κ3) is 3.86. The first kappa shape index (κ1) is 27.1. The molecule has 8 aromatic carbocycles. The second kappa shape index (κ2) is 10.3. The molecule has 0 saturated heterocycles. The van der Waals surface area contributed by atoms with E-state index in [2.05, 4.69) is 132 Å². The van der Waals surface area contributed by atoms with Crippen LogP contribution in [0.3, 0.4) is 0 Å². The Balaban J connectivity index is 1.31. The zero-order valence-corrected chi connectivity index (χ0v) is 26.7. The summed E-state index contributed by atoms with van der Waals surface area (Å²) in [7, 11) is 0. The van der Waals surface area contributed by atoms with Crippen LogP contribution in [-0.2, 0) is 0 Å². The SMILES string of the molecule is c1ccc(-c2nc(-c3cc4ccccc4c4oc5ccccc5c34)nc(-n3c4ccc5ccccc5c4c4c5ccccc5ccc43)n2)cc1. The number of benzene rings is 8. The van der Waals surface area contributed by atoms with Gasteiger partial charge in [-0.25, -0.2) is 4.98 Å². The van der Waals surface area contributed by atoms with Crippen LogP contribution < -0.4 is 0 Å². The van der Waals surface area contributed by atoms with Crippen LogP contribution in [-0.4, -0.2) is 19.5 Å². The van der Waals surface area contributed by atoms with E-state index in [0.717, 1.165) is 54.9 Å². The molecular formula is C45H26N4O. The predicted octanol–water partition coefficient (Wildman–Crippen LogP) is 11.7. The van der Waals surface area contributed by atoms with E-state index in [4.69, 9.17) is 19.4 Å². The standard InChI is InChI=1S/C45H26N4O/c1-2-14-29(15-3-1)43-46-44(35-26-30-16-6-9-19-33(30)42-39(35)34-20-10-11-21-38(34)50-42)48-45(47-43)49-36-24-22-27-12-4-7-17-31(27)40(36)41-32-18-8-5-13-28(32)23-25-37(41)49/h1-26H. The molecule has 11 aromatic rings. The van der Waals surface area contributed by atoms with Crippen LogP contribution in [0.25, 0.3) is 105 Å². The minimum atomic E-state index is 0.563. The molecule has 3 aromatic heterocycles. The van der Waals surface area contributed by atoms with Crippen LogP contribution >= 0.6 is 0 Å². The van der Waals surface area contributed by atoms with Gasteiger partial charge in [-0.15, -0.1) is 0 Å². The fraction of sp³-hybridized carbons (Fsp3) is 0. The maximum atomic E-state index is 6.57. The van der Waals surface area contributed by atoms with E-state index in [0.29, 0.717) is 17.6 Å². The van der Waals surface area contributed by atoms with Gasteiger partial charge in [0.1, 0.15) is 11.2 Å². The molecule has 0 N–H and O–H groups in total. The van der Waals surface area contributed by atoms with Crippen molar-refractivity contribution in [1.29, 1.82) is 0 Å². The number of fused-ring (bicyclic) bond motifs is 12. The van der Waals surface area contributed by atoms with Crippen molar-refractivity contribution in [3.8, 4) is 28.7 Å². The molecule has 11 rings (SSSR count). The summed E-state index contributed by atoms with van der Waals surface area (Å²) in [5, 5.41) is 11.3. The molecule has 0 unspecified atom stereocenters. The lowest BCUT2D eigenvalue weighted by molar-refractivity contribution is 0.672. The Morgan fingerprint density at radius 3 is 1.68 bits per heavy atom. The Hall–Kier alpha value is -6.85. The summed E-state index contributed by atoms with van der Waals surface area (Å²) in [6, 6.07) is 54.9. The molecule has 0 amide bonds. The summed E-state index contributed by atoms with van der Waals surface area (Å²) in [6.45, 7) is 0. The molecule has 0 aliphatic carbocycles. The van der Waals surface area contributed by atoms with E-state index >= 15 is 0 Å². The Bertz CT molecular complexity index is 3060. The van der Waals surface area contributed by atoms with Crippen LogP contribution in [0.1, 0.15) is 0 Å². The smallest absolute Gasteiger partial charge is 0.238 e. The van der Waals surface area contributed by atoms with E-state index in [-0.39, 0.29) is 0 Å². The average Bonchev–Trinajstić information content (AvgIpc) is 3.75. The first-order valence-corrected chi connectivity index (χ1v) is 16.8. The van der Waals surface area contributed by atoms with E-state index in [9.17, 15) is 0 Å². The molecule has 0 saturated carbocycles. The molecule has 0 radical (unpaired) electrons. The number of para-hydroxylation sites is 1. The second-order valence-electron chi connectivity index (χ2n) is 12.8. The maximum absolute atomic E-state index is 6.57. The van der Waals surface area contributed by atoms with Gasteiger partial charge in [0, 0.05) is 38.1 Å². The zero-order valence-electron chi connectivity index (χ0n) is 26.7. The summed E-state index contributed by atoms with van der Waals surface area (Å²) < 4.78 is 8.78. The van der Waals surface area contributed by atoms with Crippen molar-refractivity contribution in [2.75, 3.05) is 0 Å². The molecule has 0 aliphatic heterocycles. The van der Waals surface area contributed by atoms with Crippen molar-refractivity contribution < 1.29 is 4.42 Å². The zero-order chi connectivity index (χ0) is 32.8. The van der Waals surface area contributed by atoms with Crippen LogP contribution in [0.2, 0.25) is 0 Å². The topological polar surface area (TPSA) is 56.7 Å². The van der Waals surface area contributed by atoms with Crippen molar-refractivity contribution >= 4 is 76.1 Å². The highest BCUT2D eigenvalue weighted by molar-refractivity contribution is 6.28. The highest BCUT2D eigenvalue weighted by Crippen LogP contribution is 2.43. The lowest BCUT2D eigenvalue weighted by Gasteiger charge is -2.12. The molecule has 5 nitrogen and oxygen atoms in total. The van der Waals surface area contributed by atoms with Crippen LogP contribution in [0, 0.1) is 0 Å².